The highest BCUT2D eigenvalue weighted by molar-refractivity contribution is 5.95. The van der Waals surface area contributed by atoms with Crippen molar-refractivity contribution in [2.45, 2.75) is 26.8 Å². The molecule has 0 radical (unpaired) electrons. The summed E-state index contributed by atoms with van der Waals surface area (Å²) in [5.74, 6) is -0.139. The number of carbonyl (C=O) groups excluding carboxylic acids is 1. The van der Waals surface area contributed by atoms with Gasteiger partial charge in [0.15, 0.2) is 0 Å². The van der Waals surface area contributed by atoms with Crippen LogP contribution in [0.15, 0.2) is 24.3 Å². The Morgan fingerprint density at radius 3 is 2.56 bits per heavy atom. The lowest BCUT2D eigenvalue weighted by Crippen LogP contribution is -2.45. The number of amides is 1. The third kappa shape index (κ3) is 3.24. The predicted octanol–water partition coefficient (Wildman–Crippen LogP) is 1.70. The van der Waals surface area contributed by atoms with Gasteiger partial charge >= 0.3 is 0 Å². The summed E-state index contributed by atoms with van der Waals surface area (Å²) in [4.78, 5) is 11.8. The Morgan fingerprint density at radius 2 is 2.06 bits per heavy atom. The van der Waals surface area contributed by atoms with E-state index < -0.39 is 6.04 Å². The highest BCUT2D eigenvalue weighted by Crippen LogP contribution is 2.20. The molecule has 1 aromatic rings. The minimum Gasteiger partial charge on any atom is -0.508 e. The number of hydrogen-bond acceptors (Lipinski definition) is 3. The van der Waals surface area contributed by atoms with Crippen LogP contribution in [0.5, 0.6) is 5.75 Å². The molecule has 16 heavy (non-hydrogen) atoms. The van der Waals surface area contributed by atoms with Crippen molar-refractivity contribution in [3.63, 3.8) is 0 Å². The molecule has 1 amide bonds. The van der Waals surface area contributed by atoms with E-state index in [1.54, 1.807) is 18.2 Å². The van der Waals surface area contributed by atoms with Gasteiger partial charge in [-0.2, -0.15) is 0 Å². The summed E-state index contributed by atoms with van der Waals surface area (Å²) in [5.41, 5.74) is 6.06. The molecule has 1 atom stereocenters. The van der Waals surface area contributed by atoms with Crippen LogP contribution < -0.4 is 11.1 Å². The largest absolute Gasteiger partial charge is 0.508 e. The van der Waals surface area contributed by atoms with Gasteiger partial charge in [0.05, 0.1) is 6.04 Å². The van der Waals surface area contributed by atoms with Crippen LogP contribution in [0.3, 0.4) is 0 Å². The molecule has 0 fully saturated rings. The van der Waals surface area contributed by atoms with Crippen LogP contribution in [0, 0.1) is 5.41 Å². The molecule has 0 heterocycles. The Morgan fingerprint density at radius 1 is 1.44 bits per heavy atom. The third-order valence-corrected chi connectivity index (χ3v) is 2.33. The molecule has 0 spiro atoms. The predicted molar refractivity (Wildman–Crippen MR) is 64.2 cm³/mol. The monoisotopic (exact) mass is 222 g/mol. The zero-order chi connectivity index (χ0) is 12.3. The summed E-state index contributed by atoms with van der Waals surface area (Å²) in [6, 6.07) is 5.79. The molecule has 0 saturated carbocycles. The topological polar surface area (TPSA) is 75.4 Å². The van der Waals surface area contributed by atoms with Crippen molar-refractivity contribution < 1.29 is 9.90 Å². The minimum absolute atomic E-state index is 0.113. The van der Waals surface area contributed by atoms with Crippen molar-refractivity contribution in [2.75, 3.05) is 5.32 Å². The molecule has 1 aromatic carbocycles. The molecular weight excluding hydrogens is 204 g/mol. The number of rotatable bonds is 2. The van der Waals surface area contributed by atoms with Crippen LogP contribution in [-0.4, -0.2) is 17.1 Å². The lowest BCUT2D eigenvalue weighted by molar-refractivity contribution is -0.119. The van der Waals surface area contributed by atoms with Gasteiger partial charge < -0.3 is 16.2 Å². The van der Waals surface area contributed by atoms with Crippen LogP contribution in [0.1, 0.15) is 20.8 Å². The van der Waals surface area contributed by atoms with Crippen molar-refractivity contribution in [3.8, 4) is 5.75 Å². The summed E-state index contributed by atoms with van der Waals surface area (Å²) < 4.78 is 0. The maximum absolute atomic E-state index is 11.8. The Hall–Kier alpha value is -1.55. The first kappa shape index (κ1) is 12.5. The second kappa shape index (κ2) is 4.53. The second-order valence-electron chi connectivity index (χ2n) is 4.88. The van der Waals surface area contributed by atoms with E-state index in [9.17, 15) is 9.90 Å². The maximum Gasteiger partial charge on any atom is 0.241 e. The highest BCUT2D eigenvalue weighted by atomic mass is 16.3. The molecule has 88 valence electrons. The normalized spacial score (nSPS) is 13.2. The Labute approximate surface area is 95.5 Å². The zero-order valence-corrected chi connectivity index (χ0v) is 9.82. The van der Waals surface area contributed by atoms with E-state index in [1.807, 2.05) is 20.8 Å². The maximum atomic E-state index is 11.8. The van der Waals surface area contributed by atoms with E-state index in [0.717, 1.165) is 0 Å². The van der Waals surface area contributed by atoms with Crippen molar-refractivity contribution in [2.24, 2.45) is 11.1 Å². The molecule has 0 bridgehead atoms. The van der Waals surface area contributed by atoms with Crippen LogP contribution >= 0.6 is 0 Å². The Balaban J connectivity index is 2.72. The molecule has 1 rings (SSSR count). The smallest absolute Gasteiger partial charge is 0.241 e. The number of carbonyl (C=O) groups is 1. The van der Waals surface area contributed by atoms with Crippen LogP contribution in [0.2, 0.25) is 0 Å². The quantitative estimate of drug-likeness (QED) is 0.713. The van der Waals surface area contributed by atoms with Gasteiger partial charge in [-0.1, -0.05) is 26.8 Å². The summed E-state index contributed by atoms with van der Waals surface area (Å²) in [7, 11) is 0. The van der Waals surface area contributed by atoms with E-state index >= 15 is 0 Å². The number of hydrogen-bond donors (Lipinski definition) is 3. The van der Waals surface area contributed by atoms with Crippen molar-refractivity contribution in [1.82, 2.24) is 0 Å². The van der Waals surface area contributed by atoms with Gasteiger partial charge in [0.25, 0.3) is 0 Å². The number of benzene rings is 1. The fourth-order valence-corrected chi connectivity index (χ4v) is 1.20. The molecule has 0 aliphatic rings. The first-order valence-corrected chi connectivity index (χ1v) is 5.16. The van der Waals surface area contributed by atoms with Crippen LogP contribution in [0.4, 0.5) is 5.69 Å². The molecule has 0 aromatic heterocycles. The van der Waals surface area contributed by atoms with Gasteiger partial charge in [0, 0.05) is 11.8 Å². The van der Waals surface area contributed by atoms with E-state index in [2.05, 4.69) is 5.32 Å². The van der Waals surface area contributed by atoms with Gasteiger partial charge in [-0.25, -0.2) is 0 Å². The number of nitrogens with one attached hydrogen (secondary N) is 1. The lowest BCUT2D eigenvalue weighted by Gasteiger charge is -2.25. The Kier molecular flexibility index (Phi) is 3.55. The highest BCUT2D eigenvalue weighted by Gasteiger charge is 2.27. The van der Waals surface area contributed by atoms with Gasteiger partial charge in [-0.05, 0) is 17.5 Å². The summed E-state index contributed by atoms with van der Waals surface area (Å²) in [6.45, 7) is 5.71. The third-order valence-electron chi connectivity index (χ3n) is 2.33. The minimum atomic E-state index is -0.588. The summed E-state index contributed by atoms with van der Waals surface area (Å²) in [6.07, 6.45) is 0. The second-order valence-corrected chi connectivity index (χ2v) is 4.88. The number of aromatic hydroxyl groups is 1. The van der Waals surface area contributed by atoms with E-state index in [1.165, 1.54) is 6.07 Å². The number of nitrogens with two attached hydrogens (primary N) is 1. The molecule has 0 saturated heterocycles. The van der Waals surface area contributed by atoms with E-state index in [-0.39, 0.29) is 17.1 Å². The SMILES string of the molecule is CC(C)(C)[C@@H](N)C(=O)Nc1cccc(O)c1. The average molecular weight is 222 g/mol. The molecule has 0 aliphatic carbocycles. The standard InChI is InChI=1S/C12H18N2O2/c1-12(2,3)10(13)11(16)14-8-5-4-6-9(15)7-8/h4-7,10,15H,13H2,1-3H3,(H,14,16)/t10-/m0/s1. The molecule has 4 heteroatoms. The fourth-order valence-electron chi connectivity index (χ4n) is 1.20. The van der Waals surface area contributed by atoms with E-state index in [4.69, 9.17) is 5.73 Å². The number of phenolic OH excluding ortho intramolecular Hbond substituents is 1. The summed E-state index contributed by atoms with van der Waals surface area (Å²) >= 11 is 0. The first-order chi connectivity index (χ1) is 7.30. The van der Waals surface area contributed by atoms with Crippen LogP contribution in [0.25, 0.3) is 0 Å². The molecule has 0 aliphatic heterocycles. The van der Waals surface area contributed by atoms with Crippen molar-refractivity contribution in [3.05, 3.63) is 24.3 Å². The summed E-state index contributed by atoms with van der Waals surface area (Å²) in [5, 5.41) is 11.9. The average Bonchev–Trinajstić information content (AvgIpc) is 2.15. The molecule has 4 N–H and O–H groups in total. The van der Waals surface area contributed by atoms with Gasteiger partial charge in [-0.3, -0.25) is 4.79 Å². The fraction of sp³-hybridized carbons (Fsp3) is 0.417. The zero-order valence-electron chi connectivity index (χ0n) is 9.82. The molecule has 0 unspecified atom stereocenters. The van der Waals surface area contributed by atoms with Crippen LogP contribution in [-0.2, 0) is 4.79 Å². The number of phenols is 1. The van der Waals surface area contributed by atoms with Crippen molar-refractivity contribution in [1.29, 1.82) is 0 Å². The van der Waals surface area contributed by atoms with Gasteiger partial charge in [0.1, 0.15) is 5.75 Å². The van der Waals surface area contributed by atoms with Gasteiger partial charge in [0.2, 0.25) is 5.91 Å². The molecular formula is C12H18N2O2. The lowest BCUT2D eigenvalue weighted by atomic mass is 9.87. The molecule has 4 nitrogen and oxygen atoms in total. The van der Waals surface area contributed by atoms with Gasteiger partial charge in [-0.15, -0.1) is 0 Å². The van der Waals surface area contributed by atoms with E-state index in [0.29, 0.717) is 5.69 Å². The Bertz CT molecular complexity index is 383. The number of anilines is 1. The van der Waals surface area contributed by atoms with Crippen molar-refractivity contribution >= 4 is 11.6 Å². The first-order valence-electron chi connectivity index (χ1n) is 5.16.